The molecule has 4 heteroatoms. The van der Waals surface area contributed by atoms with Crippen molar-refractivity contribution in [3.05, 3.63) is 151 Å². The van der Waals surface area contributed by atoms with Gasteiger partial charge in [0.25, 0.3) is 0 Å². The summed E-state index contributed by atoms with van der Waals surface area (Å²) in [6.07, 6.45) is 9.16. The molecule has 0 bridgehead atoms. The van der Waals surface area contributed by atoms with Gasteiger partial charge in [-0.1, -0.05) is 103 Å². The van der Waals surface area contributed by atoms with Crippen molar-refractivity contribution in [1.82, 2.24) is 9.97 Å². The molecule has 1 aliphatic rings. The second-order valence-corrected chi connectivity index (χ2v) is 11.3. The van der Waals surface area contributed by atoms with Crippen LogP contribution in [-0.2, 0) is 0 Å². The van der Waals surface area contributed by atoms with E-state index in [4.69, 9.17) is 18.8 Å². The van der Waals surface area contributed by atoms with E-state index in [1.807, 2.05) is 42.7 Å². The highest BCUT2D eigenvalue weighted by atomic mass is 16.3. The molecule has 3 heterocycles. The Labute approximate surface area is 253 Å². The maximum atomic E-state index is 6.36. The van der Waals surface area contributed by atoms with Gasteiger partial charge in [0.1, 0.15) is 22.5 Å². The second kappa shape index (κ2) is 9.92. The van der Waals surface area contributed by atoms with Crippen molar-refractivity contribution in [3.63, 3.8) is 0 Å². The molecule has 0 N–H and O–H groups in total. The van der Waals surface area contributed by atoms with Gasteiger partial charge >= 0.3 is 0 Å². The Morgan fingerprint density at radius 3 is 2.16 bits per heavy atom. The Morgan fingerprint density at radius 1 is 0.568 bits per heavy atom. The summed E-state index contributed by atoms with van der Waals surface area (Å²) < 4.78 is 12.7. The zero-order chi connectivity index (χ0) is 29.0. The van der Waals surface area contributed by atoms with E-state index in [0.717, 1.165) is 72.9 Å². The first-order valence-electron chi connectivity index (χ1n) is 14.9. The van der Waals surface area contributed by atoms with Gasteiger partial charge in [-0.15, -0.1) is 0 Å². The Hall–Kier alpha value is -5.74. The van der Waals surface area contributed by atoms with E-state index < -0.39 is 0 Å². The van der Waals surface area contributed by atoms with Gasteiger partial charge in [-0.25, -0.2) is 9.97 Å². The number of para-hydroxylation sites is 3. The molecule has 0 radical (unpaired) electrons. The smallest absolute Gasteiger partial charge is 0.159 e. The van der Waals surface area contributed by atoms with E-state index in [-0.39, 0.29) is 5.92 Å². The van der Waals surface area contributed by atoms with E-state index in [2.05, 4.69) is 97.1 Å². The number of fused-ring (bicyclic) bond motifs is 6. The SMILES string of the molecule is C1=Cc2c(oc3ccccc23)C(c2cccc(-c3ncc(-c4cccc(-c5cccc6c5oc5ccccc56)c4)cn3)c2)C1. The van der Waals surface area contributed by atoms with Crippen LogP contribution >= 0.6 is 0 Å². The summed E-state index contributed by atoms with van der Waals surface area (Å²) in [5.41, 5.74) is 10.3. The van der Waals surface area contributed by atoms with E-state index in [1.165, 1.54) is 11.1 Å². The third-order valence-corrected chi connectivity index (χ3v) is 8.75. The van der Waals surface area contributed by atoms with Crippen molar-refractivity contribution in [3.8, 4) is 33.6 Å². The number of allylic oxidation sites excluding steroid dienone is 1. The number of rotatable bonds is 4. The summed E-state index contributed by atoms with van der Waals surface area (Å²) in [6.45, 7) is 0. The molecule has 0 saturated carbocycles. The average Bonchev–Trinajstić information content (AvgIpc) is 3.67. The molecule has 9 rings (SSSR count). The van der Waals surface area contributed by atoms with Crippen LogP contribution < -0.4 is 0 Å². The van der Waals surface area contributed by atoms with Crippen molar-refractivity contribution < 1.29 is 8.83 Å². The lowest BCUT2D eigenvalue weighted by Crippen LogP contribution is -2.04. The fourth-order valence-electron chi connectivity index (χ4n) is 6.59. The van der Waals surface area contributed by atoms with Crippen LogP contribution in [0.5, 0.6) is 0 Å². The fraction of sp³-hybridized carbons (Fsp3) is 0.0500. The van der Waals surface area contributed by atoms with Gasteiger partial charge < -0.3 is 8.83 Å². The van der Waals surface area contributed by atoms with E-state index in [0.29, 0.717) is 5.82 Å². The number of hydrogen-bond acceptors (Lipinski definition) is 4. The van der Waals surface area contributed by atoms with Gasteiger partial charge in [0.15, 0.2) is 5.82 Å². The average molecular weight is 567 g/mol. The molecule has 4 nitrogen and oxygen atoms in total. The van der Waals surface area contributed by atoms with E-state index in [1.54, 1.807) is 0 Å². The van der Waals surface area contributed by atoms with Gasteiger partial charge in [0, 0.05) is 56.7 Å². The summed E-state index contributed by atoms with van der Waals surface area (Å²) in [6, 6.07) is 39.8. The van der Waals surface area contributed by atoms with Crippen LogP contribution in [0.2, 0.25) is 0 Å². The van der Waals surface area contributed by atoms with Crippen molar-refractivity contribution in [2.45, 2.75) is 12.3 Å². The molecule has 8 aromatic rings. The maximum absolute atomic E-state index is 6.36. The van der Waals surface area contributed by atoms with Gasteiger partial charge in [-0.2, -0.15) is 0 Å². The van der Waals surface area contributed by atoms with Crippen LogP contribution in [0.15, 0.2) is 143 Å². The molecule has 0 fully saturated rings. The third-order valence-electron chi connectivity index (χ3n) is 8.75. The lowest BCUT2D eigenvalue weighted by atomic mass is 9.86. The summed E-state index contributed by atoms with van der Waals surface area (Å²) in [5.74, 6) is 1.89. The molecule has 1 atom stereocenters. The van der Waals surface area contributed by atoms with Crippen LogP contribution in [0, 0.1) is 0 Å². The molecule has 3 aromatic heterocycles. The molecule has 5 aromatic carbocycles. The summed E-state index contributed by atoms with van der Waals surface area (Å²) >= 11 is 0. The maximum Gasteiger partial charge on any atom is 0.159 e. The van der Waals surface area contributed by atoms with Gasteiger partial charge in [-0.05, 0) is 47.4 Å². The molecular formula is C40H26N2O2. The monoisotopic (exact) mass is 566 g/mol. The minimum absolute atomic E-state index is 0.153. The Morgan fingerprint density at radius 2 is 1.27 bits per heavy atom. The summed E-state index contributed by atoms with van der Waals surface area (Å²) in [4.78, 5) is 9.61. The molecule has 0 aliphatic heterocycles. The highest BCUT2D eigenvalue weighted by molar-refractivity contribution is 6.09. The lowest BCUT2D eigenvalue weighted by molar-refractivity contribution is 0.517. The lowest BCUT2D eigenvalue weighted by Gasteiger charge is -2.18. The highest BCUT2D eigenvalue weighted by Crippen LogP contribution is 2.41. The fourth-order valence-corrected chi connectivity index (χ4v) is 6.59. The van der Waals surface area contributed by atoms with Crippen molar-refractivity contribution in [2.75, 3.05) is 0 Å². The molecule has 44 heavy (non-hydrogen) atoms. The first-order valence-corrected chi connectivity index (χ1v) is 14.9. The van der Waals surface area contributed by atoms with E-state index in [9.17, 15) is 0 Å². The van der Waals surface area contributed by atoms with Crippen LogP contribution in [0.25, 0.3) is 72.6 Å². The number of benzene rings is 5. The summed E-state index contributed by atoms with van der Waals surface area (Å²) in [5, 5.41) is 3.42. The molecule has 0 saturated heterocycles. The molecule has 0 amide bonds. The highest BCUT2D eigenvalue weighted by Gasteiger charge is 2.25. The van der Waals surface area contributed by atoms with Crippen molar-refractivity contribution >= 4 is 39.0 Å². The summed E-state index contributed by atoms with van der Waals surface area (Å²) in [7, 11) is 0. The number of furan rings is 2. The van der Waals surface area contributed by atoms with Crippen LogP contribution in [0.4, 0.5) is 0 Å². The van der Waals surface area contributed by atoms with Crippen molar-refractivity contribution in [1.29, 1.82) is 0 Å². The first-order chi connectivity index (χ1) is 21.8. The largest absolute Gasteiger partial charge is 0.460 e. The molecule has 1 aliphatic carbocycles. The Balaban J connectivity index is 1.03. The second-order valence-electron chi connectivity index (χ2n) is 11.3. The molecule has 208 valence electrons. The molecular weight excluding hydrogens is 540 g/mol. The first kappa shape index (κ1) is 24.8. The quantitative estimate of drug-likeness (QED) is 0.213. The van der Waals surface area contributed by atoms with Crippen LogP contribution in [0.3, 0.4) is 0 Å². The van der Waals surface area contributed by atoms with Crippen LogP contribution in [-0.4, -0.2) is 9.97 Å². The van der Waals surface area contributed by atoms with Crippen molar-refractivity contribution in [2.24, 2.45) is 0 Å². The predicted molar refractivity (Wildman–Crippen MR) is 177 cm³/mol. The predicted octanol–water partition coefficient (Wildman–Crippen LogP) is 10.7. The number of nitrogens with zero attached hydrogens (tertiary/aromatic N) is 2. The topological polar surface area (TPSA) is 52.1 Å². The zero-order valence-electron chi connectivity index (χ0n) is 23.8. The van der Waals surface area contributed by atoms with E-state index >= 15 is 0 Å². The molecule has 0 spiro atoms. The van der Waals surface area contributed by atoms with Gasteiger partial charge in [0.2, 0.25) is 0 Å². The van der Waals surface area contributed by atoms with Gasteiger partial charge in [-0.3, -0.25) is 0 Å². The minimum Gasteiger partial charge on any atom is -0.460 e. The third kappa shape index (κ3) is 3.99. The number of aromatic nitrogens is 2. The minimum atomic E-state index is 0.153. The van der Waals surface area contributed by atoms with Crippen LogP contribution in [0.1, 0.15) is 29.2 Å². The standard InChI is InChI=1S/C40H26N2O2/c1-3-19-36-32(13-1)34-17-7-15-30(38(34)43-36)26-10-5-9-25(21-26)29-23-41-40(42-24-29)28-12-6-11-27(22-28)31-16-8-18-35-33-14-2-4-20-37(33)44-39(31)35/h1-15,17-24,31H,16H2. The Kier molecular flexibility index (Phi) is 5.60. The normalized spacial score (nSPS) is 14.4. The van der Waals surface area contributed by atoms with Gasteiger partial charge in [0.05, 0.1) is 0 Å². The number of hydrogen-bond donors (Lipinski definition) is 0. The molecule has 1 unspecified atom stereocenters. The Bertz CT molecular complexity index is 2380. The zero-order valence-corrected chi connectivity index (χ0v) is 23.8.